The van der Waals surface area contributed by atoms with Crippen LogP contribution in [0.4, 0.5) is 15.0 Å². The van der Waals surface area contributed by atoms with Crippen LogP contribution < -0.4 is 9.64 Å². The lowest BCUT2D eigenvalue weighted by molar-refractivity contribution is -0.131. The first-order chi connectivity index (χ1) is 17.8. The lowest BCUT2D eigenvalue weighted by atomic mass is 9.86. The third-order valence-corrected chi connectivity index (χ3v) is 7.51. The molecule has 0 saturated carbocycles. The molecule has 2 aliphatic heterocycles. The van der Waals surface area contributed by atoms with Gasteiger partial charge in [0, 0.05) is 49.9 Å². The van der Waals surface area contributed by atoms with Gasteiger partial charge in [-0.05, 0) is 49.1 Å². The topological polar surface area (TPSA) is 94.7 Å². The lowest BCUT2D eigenvalue weighted by Crippen LogP contribution is -2.54. The van der Waals surface area contributed by atoms with Crippen molar-refractivity contribution in [1.29, 1.82) is 0 Å². The number of rotatable bonds is 6. The molecule has 0 atom stereocenters. The van der Waals surface area contributed by atoms with Crippen molar-refractivity contribution < 1.29 is 18.7 Å². The number of H-pyrrole nitrogens is 1. The Labute approximate surface area is 215 Å². The van der Waals surface area contributed by atoms with E-state index in [1.165, 1.54) is 19.2 Å². The first-order valence-corrected chi connectivity index (χ1v) is 12.5. The standard InChI is InChI=1S/C27H31FN6O3/c1-4-24-23(20-14-29-30-15-20)5-6-25(31-24)33-17-27(7-9-32(10-8-27)18(2)35)34(26(33)36)16-19-11-21(28)13-22(12-19)37-3/h5-6,11-15H,4,7-10,16-17H2,1-3H3,(H,29,30). The number of methoxy groups -OCH3 is 1. The predicted octanol–water partition coefficient (Wildman–Crippen LogP) is 4.01. The van der Waals surface area contributed by atoms with Crippen LogP contribution in [-0.2, 0) is 17.8 Å². The van der Waals surface area contributed by atoms with E-state index in [9.17, 15) is 14.0 Å². The second-order valence-electron chi connectivity index (χ2n) is 9.69. The van der Waals surface area contributed by atoms with E-state index in [2.05, 4.69) is 10.2 Å². The summed E-state index contributed by atoms with van der Waals surface area (Å²) in [5.41, 5.74) is 2.94. The Morgan fingerprint density at radius 1 is 1.22 bits per heavy atom. The number of aryl methyl sites for hydroxylation is 1. The number of nitrogens with one attached hydrogen (secondary N) is 1. The average Bonchev–Trinajstić information content (AvgIpc) is 3.52. The molecule has 2 aliphatic rings. The van der Waals surface area contributed by atoms with Gasteiger partial charge >= 0.3 is 6.03 Å². The SMILES string of the molecule is CCc1nc(N2CC3(CCN(C(C)=O)CC3)N(Cc3cc(F)cc(OC)c3)C2=O)ccc1-c1cn[nH]c1. The van der Waals surface area contributed by atoms with Gasteiger partial charge in [0.15, 0.2) is 0 Å². The number of piperidine rings is 1. The van der Waals surface area contributed by atoms with Gasteiger partial charge in [0.2, 0.25) is 5.91 Å². The number of aromatic amines is 1. The Hall–Kier alpha value is -3.95. The van der Waals surface area contributed by atoms with Crippen molar-refractivity contribution in [2.45, 2.75) is 45.2 Å². The van der Waals surface area contributed by atoms with E-state index in [1.807, 2.05) is 35.1 Å². The van der Waals surface area contributed by atoms with Gasteiger partial charge in [-0.25, -0.2) is 14.2 Å². The van der Waals surface area contributed by atoms with Crippen molar-refractivity contribution in [3.63, 3.8) is 0 Å². The number of carbonyl (C=O) groups is 2. The highest BCUT2D eigenvalue weighted by molar-refractivity contribution is 5.95. The fraction of sp³-hybridized carbons (Fsp3) is 0.407. The predicted molar refractivity (Wildman–Crippen MR) is 137 cm³/mol. The Morgan fingerprint density at radius 3 is 2.65 bits per heavy atom. The third kappa shape index (κ3) is 4.63. The van der Waals surface area contributed by atoms with Gasteiger partial charge in [0.25, 0.3) is 0 Å². The number of hydrogen-bond acceptors (Lipinski definition) is 5. The summed E-state index contributed by atoms with van der Waals surface area (Å²) in [6.45, 7) is 5.41. The number of ether oxygens (including phenoxy) is 1. The summed E-state index contributed by atoms with van der Waals surface area (Å²) in [6.07, 6.45) is 5.54. The molecule has 2 fully saturated rings. The van der Waals surface area contributed by atoms with Gasteiger partial charge < -0.3 is 14.5 Å². The molecule has 3 aromatic rings. The summed E-state index contributed by atoms with van der Waals surface area (Å²) in [4.78, 5) is 36.2. The molecule has 5 rings (SSSR count). The maximum Gasteiger partial charge on any atom is 0.326 e. The largest absolute Gasteiger partial charge is 0.497 e. The van der Waals surface area contributed by atoms with E-state index in [0.717, 1.165) is 16.8 Å². The molecular weight excluding hydrogens is 475 g/mol. The van der Waals surface area contributed by atoms with E-state index >= 15 is 0 Å². The zero-order valence-corrected chi connectivity index (χ0v) is 21.3. The fourth-order valence-electron chi connectivity index (χ4n) is 5.46. The molecule has 0 aliphatic carbocycles. The number of halogens is 1. The number of benzene rings is 1. The van der Waals surface area contributed by atoms with Gasteiger partial charge in [0.05, 0.1) is 31.1 Å². The van der Waals surface area contributed by atoms with Crippen molar-refractivity contribution >= 4 is 17.8 Å². The minimum Gasteiger partial charge on any atom is -0.497 e. The summed E-state index contributed by atoms with van der Waals surface area (Å²) in [5, 5.41) is 6.88. The highest BCUT2D eigenvalue weighted by Crippen LogP contribution is 2.40. The van der Waals surface area contributed by atoms with Gasteiger partial charge in [-0.1, -0.05) is 6.92 Å². The molecule has 37 heavy (non-hydrogen) atoms. The molecule has 2 aromatic heterocycles. The minimum atomic E-state index is -0.500. The average molecular weight is 507 g/mol. The summed E-state index contributed by atoms with van der Waals surface area (Å²) >= 11 is 0. The molecule has 0 bridgehead atoms. The molecule has 1 N–H and O–H groups in total. The van der Waals surface area contributed by atoms with E-state index < -0.39 is 11.4 Å². The number of urea groups is 1. The lowest BCUT2D eigenvalue weighted by Gasteiger charge is -2.43. The summed E-state index contributed by atoms with van der Waals surface area (Å²) < 4.78 is 19.5. The van der Waals surface area contributed by atoms with Gasteiger partial charge in [-0.3, -0.25) is 14.8 Å². The quantitative estimate of drug-likeness (QED) is 0.545. The Kier molecular flexibility index (Phi) is 6.57. The van der Waals surface area contributed by atoms with Crippen LogP contribution in [0.3, 0.4) is 0 Å². The molecule has 0 radical (unpaired) electrons. The maximum absolute atomic E-state index is 14.3. The van der Waals surface area contributed by atoms with Gasteiger partial charge in [0.1, 0.15) is 17.4 Å². The maximum atomic E-state index is 14.3. The number of aromatic nitrogens is 3. The van der Waals surface area contributed by atoms with Crippen LogP contribution in [-0.4, -0.2) is 69.2 Å². The van der Waals surface area contributed by atoms with E-state index in [1.54, 1.807) is 24.1 Å². The first-order valence-electron chi connectivity index (χ1n) is 12.5. The number of carbonyl (C=O) groups excluding carboxylic acids is 2. The van der Waals surface area contributed by atoms with E-state index in [-0.39, 0.29) is 18.5 Å². The number of nitrogens with zero attached hydrogens (tertiary/aromatic N) is 5. The summed E-state index contributed by atoms with van der Waals surface area (Å²) in [5.74, 6) is 0.605. The molecule has 3 amide bonds. The zero-order valence-electron chi connectivity index (χ0n) is 21.3. The Bertz CT molecular complexity index is 1300. The molecule has 1 aromatic carbocycles. The van der Waals surface area contributed by atoms with Crippen LogP contribution in [0.15, 0.2) is 42.7 Å². The number of hydrogen-bond donors (Lipinski definition) is 1. The second kappa shape index (κ2) is 9.84. The highest BCUT2D eigenvalue weighted by Gasteiger charge is 2.51. The minimum absolute atomic E-state index is 0.0292. The number of pyridine rings is 1. The van der Waals surface area contributed by atoms with Crippen LogP contribution in [0, 0.1) is 5.82 Å². The van der Waals surface area contributed by atoms with Crippen LogP contribution in [0.25, 0.3) is 11.1 Å². The molecule has 10 heteroatoms. The van der Waals surface area contributed by atoms with Crippen LogP contribution in [0.2, 0.25) is 0 Å². The van der Waals surface area contributed by atoms with Crippen molar-refractivity contribution in [2.75, 3.05) is 31.6 Å². The van der Waals surface area contributed by atoms with E-state index in [4.69, 9.17) is 9.72 Å². The van der Waals surface area contributed by atoms with Crippen molar-refractivity contribution in [3.05, 3.63) is 59.8 Å². The number of anilines is 1. The number of likely N-dealkylation sites (tertiary alicyclic amines) is 1. The van der Waals surface area contributed by atoms with Crippen LogP contribution in [0.5, 0.6) is 5.75 Å². The molecule has 9 nitrogen and oxygen atoms in total. The third-order valence-electron chi connectivity index (χ3n) is 7.51. The molecule has 4 heterocycles. The van der Waals surface area contributed by atoms with Crippen molar-refractivity contribution in [3.8, 4) is 16.9 Å². The molecular formula is C27H31FN6O3. The van der Waals surface area contributed by atoms with Crippen molar-refractivity contribution in [1.82, 2.24) is 25.0 Å². The normalized spacial score (nSPS) is 17.1. The van der Waals surface area contributed by atoms with E-state index in [0.29, 0.717) is 56.0 Å². The van der Waals surface area contributed by atoms with Crippen LogP contribution >= 0.6 is 0 Å². The fourth-order valence-corrected chi connectivity index (χ4v) is 5.46. The van der Waals surface area contributed by atoms with Crippen LogP contribution in [0.1, 0.15) is 37.9 Å². The monoisotopic (exact) mass is 506 g/mol. The summed E-state index contributed by atoms with van der Waals surface area (Å²) in [7, 11) is 1.49. The molecule has 2 saturated heterocycles. The molecule has 1 spiro atoms. The number of amides is 3. The molecule has 0 unspecified atom stereocenters. The van der Waals surface area contributed by atoms with Crippen molar-refractivity contribution in [2.24, 2.45) is 0 Å². The molecule has 194 valence electrons. The zero-order chi connectivity index (χ0) is 26.2. The second-order valence-corrected chi connectivity index (χ2v) is 9.69. The smallest absolute Gasteiger partial charge is 0.326 e. The first kappa shape index (κ1) is 24.7. The Morgan fingerprint density at radius 2 is 2.00 bits per heavy atom. The highest BCUT2D eigenvalue weighted by atomic mass is 19.1. The van der Waals surface area contributed by atoms with Gasteiger partial charge in [-0.15, -0.1) is 0 Å². The van der Waals surface area contributed by atoms with Gasteiger partial charge in [-0.2, -0.15) is 5.10 Å². The Balaban J connectivity index is 1.49. The summed E-state index contributed by atoms with van der Waals surface area (Å²) in [6, 6.07) is 8.18.